The zero-order chi connectivity index (χ0) is 32.1. The Morgan fingerprint density at radius 2 is 0.979 bits per heavy atom. The van der Waals surface area contributed by atoms with E-state index in [2.05, 4.69) is 0 Å². The third-order valence-corrected chi connectivity index (χ3v) is 8.82. The van der Waals surface area contributed by atoms with Gasteiger partial charge in [-0.1, -0.05) is 134 Å². The van der Waals surface area contributed by atoms with E-state index in [0.29, 0.717) is 32.8 Å². The van der Waals surface area contributed by atoms with Crippen LogP contribution in [0.5, 0.6) is 0 Å². The van der Waals surface area contributed by atoms with Crippen molar-refractivity contribution in [1.29, 1.82) is 0 Å². The molecule has 2 aliphatic rings. The molecule has 248 valence electrons. The van der Waals surface area contributed by atoms with E-state index in [0.717, 1.165) is 41.5 Å². The standard InChI is InChI=1S/C40H46O7/c41-34-23-13-14-24-35(34)46-40-39(45-28-33-21-11-4-12-22-33)38(44-27-32-19-9-3-10-20-32)37(43-26-31-17-7-2-8-18-31)36(47-40)29-42-25-30-15-5-1-6-16-30/h1-12,15-22,34-41H,13-14,23-29H2/t34-,35-,36+,37+,38-,39-,40-/m0/s1. The SMILES string of the molecule is O[C@H]1CCCC[C@@H]1O[C@H]1O[C@H](COCc2ccccc2)[C@@H](OCc2ccccc2)[C@H](OCc2ccccc2)[C@@H]1OCc1ccccc1. The monoisotopic (exact) mass is 638 g/mol. The molecule has 0 radical (unpaired) electrons. The number of rotatable bonds is 15. The number of aliphatic hydroxyl groups excluding tert-OH is 1. The Hall–Kier alpha value is -3.40. The van der Waals surface area contributed by atoms with Crippen LogP contribution in [0.3, 0.4) is 0 Å². The number of hydrogen-bond donors (Lipinski definition) is 1. The summed E-state index contributed by atoms with van der Waals surface area (Å²) >= 11 is 0. The highest BCUT2D eigenvalue weighted by Crippen LogP contribution is 2.34. The van der Waals surface area contributed by atoms with Crippen molar-refractivity contribution < 1.29 is 33.5 Å². The van der Waals surface area contributed by atoms with Gasteiger partial charge < -0.3 is 33.5 Å². The summed E-state index contributed by atoms with van der Waals surface area (Å²) in [4.78, 5) is 0. The summed E-state index contributed by atoms with van der Waals surface area (Å²) in [6.45, 7) is 1.76. The molecule has 0 amide bonds. The van der Waals surface area contributed by atoms with Gasteiger partial charge in [0.2, 0.25) is 0 Å². The first-order valence-electron chi connectivity index (χ1n) is 16.8. The topological polar surface area (TPSA) is 75.6 Å². The second-order valence-corrected chi connectivity index (χ2v) is 12.4. The lowest BCUT2D eigenvalue weighted by Gasteiger charge is -2.47. The third-order valence-electron chi connectivity index (χ3n) is 8.82. The summed E-state index contributed by atoms with van der Waals surface area (Å²) in [7, 11) is 0. The van der Waals surface area contributed by atoms with Crippen LogP contribution in [0.4, 0.5) is 0 Å². The molecule has 7 heteroatoms. The lowest BCUT2D eigenvalue weighted by Crippen LogP contribution is -2.62. The van der Waals surface area contributed by atoms with Crippen LogP contribution >= 0.6 is 0 Å². The molecule has 0 unspecified atom stereocenters. The van der Waals surface area contributed by atoms with Crippen LogP contribution in [0, 0.1) is 0 Å². The number of ether oxygens (including phenoxy) is 6. The molecule has 7 atom stereocenters. The Bertz CT molecular complexity index is 1420. The van der Waals surface area contributed by atoms with Crippen LogP contribution in [0.2, 0.25) is 0 Å². The van der Waals surface area contributed by atoms with Gasteiger partial charge in [-0.3, -0.25) is 0 Å². The molecule has 6 rings (SSSR count). The Morgan fingerprint density at radius 3 is 1.49 bits per heavy atom. The van der Waals surface area contributed by atoms with Crippen molar-refractivity contribution >= 4 is 0 Å². The zero-order valence-electron chi connectivity index (χ0n) is 26.8. The second-order valence-electron chi connectivity index (χ2n) is 12.4. The van der Waals surface area contributed by atoms with Crippen LogP contribution in [0.25, 0.3) is 0 Å². The molecule has 2 fully saturated rings. The van der Waals surface area contributed by atoms with E-state index in [1.165, 1.54) is 0 Å². The highest BCUT2D eigenvalue weighted by atomic mass is 16.7. The maximum absolute atomic E-state index is 10.9. The van der Waals surface area contributed by atoms with Gasteiger partial charge in [0.05, 0.1) is 45.2 Å². The van der Waals surface area contributed by atoms with E-state index in [-0.39, 0.29) is 12.7 Å². The van der Waals surface area contributed by atoms with Gasteiger partial charge in [0, 0.05) is 0 Å². The predicted octanol–water partition coefficient (Wildman–Crippen LogP) is 7.00. The Balaban J connectivity index is 1.30. The smallest absolute Gasteiger partial charge is 0.187 e. The molecule has 47 heavy (non-hydrogen) atoms. The molecule has 1 aliphatic heterocycles. The van der Waals surface area contributed by atoms with E-state index in [1.54, 1.807) is 0 Å². The highest BCUT2D eigenvalue weighted by molar-refractivity contribution is 5.16. The molecule has 7 nitrogen and oxygen atoms in total. The summed E-state index contributed by atoms with van der Waals surface area (Å²) in [5.74, 6) is 0. The number of benzene rings is 4. The van der Waals surface area contributed by atoms with E-state index >= 15 is 0 Å². The minimum Gasteiger partial charge on any atom is -0.390 e. The fourth-order valence-corrected chi connectivity index (χ4v) is 6.26. The molecule has 1 N–H and O–H groups in total. The molecular weight excluding hydrogens is 592 g/mol. The van der Waals surface area contributed by atoms with Crippen molar-refractivity contribution in [3.05, 3.63) is 144 Å². The quantitative estimate of drug-likeness (QED) is 0.150. The van der Waals surface area contributed by atoms with Crippen LogP contribution < -0.4 is 0 Å². The van der Waals surface area contributed by atoms with Gasteiger partial charge >= 0.3 is 0 Å². The fraction of sp³-hybridized carbons (Fsp3) is 0.400. The number of hydrogen-bond acceptors (Lipinski definition) is 7. The summed E-state index contributed by atoms with van der Waals surface area (Å²) in [6, 6.07) is 40.3. The third kappa shape index (κ3) is 9.81. The average molecular weight is 639 g/mol. The molecule has 0 bridgehead atoms. The van der Waals surface area contributed by atoms with E-state index in [9.17, 15) is 5.11 Å². The summed E-state index contributed by atoms with van der Waals surface area (Å²) < 4.78 is 39.9. The normalized spacial score (nSPS) is 26.2. The largest absolute Gasteiger partial charge is 0.390 e. The molecule has 0 spiro atoms. The maximum Gasteiger partial charge on any atom is 0.187 e. The first kappa shape index (κ1) is 33.5. The Kier molecular flexibility index (Phi) is 12.6. The zero-order valence-corrected chi connectivity index (χ0v) is 26.8. The molecule has 1 saturated heterocycles. The van der Waals surface area contributed by atoms with Crippen molar-refractivity contribution in [3.8, 4) is 0 Å². The van der Waals surface area contributed by atoms with E-state index < -0.39 is 36.8 Å². The first-order valence-corrected chi connectivity index (χ1v) is 16.8. The van der Waals surface area contributed by atoms with Gasteiger partial charge in [0.1, 0.15) is 24.4 Å². The lowest BCUT2D eigenvalue weighted by molar-refractivity contribution is -0.341. The van der Waals surface area contributed by atoms with E-state index in [4.69, 9.17) is 28.4 Å². The average Bonchev–Trinajstić information content (AvgIpc) is 3.12. The minimum absolute atomic E-state index is 0.262. The van der Waals surface area contributed by atoms with E-state index in [1.807, 2.05) is 121 Å². The fourth-order valence-electron chi connectivity index (χ4n) is 6.26. The van der Waals surface area contributed by atoms with Crippen molar-refractivity contribution in [2.75, 3.05) is 6.61 Å². The molecule has 4 aromatic carbocycles. The lowest BCUT2D eigenvalue weighted by atomic mass is 9.94. The molecular formula is C40H46O7. The second kappa shape index (κ2) is 17.7. The molecule has 1 aliphatic carbocycles. The molecule has 1 saturated carbocycles. The van der Waals surface area contributed by atoms with Crippen molar-refractivity contribution in [2.45, 2.75) is 95.0 Å². The summed E-state index contributed by atoms with van der Waals surface area (Å²) in [5, 5.41) is 10.9. The van der Waals surface area contributed by atoms with Crippen LogP contribution in [0.15, 0.2) is 121 Å². The van der Waals surface area contributed by atoms with Gasteiger partial charge in [0.25, 0.3) is 0 Å². The van der Waals surface area contributed by atoms with Gasteiger partial charge in [-0.2, -0.15) is 0 Å². The Labute approximate surface area is 278 Å². The van der Waals surface area contributed by atoms with Gasteiger partial charge in [-0.05, 0) is 35.1 Å². The number of aliphatic hydroxyl groups is 1. The molecule has 0 aromatic heterocycles. The van der Waals surface area contributed by atoms with Crippen LogP contribution in [0.1, 0.15) is 47.9 Å². The van der Waals surface area contributed by atoms with Gasteiger partial charge in [-0.15, -0.1) is 0 Å². The first-order chi connectivity index (χ1) is 23.2. The summed E-state index contributed by atoms with van der Waals surface area (Å²) in [6.07, 6.45) is -0.565. The van der Waals surface area contributed by atoms with Crippen LogP contribution in [-0.4, -0.2) is 54.6 Å². The minimum atomic E-state index is -0.806. The van der Waals surface area contributed by atoms with Gasteiger partial charge in [0.15, 0.2) is 6.29 Å². The van der Waals surface area contributed by atoms with Crippen molar-refractivity contribution in [3.63, 3.8) is 0 Å². The molecule has 1 heterocycles. The summed E-state index contributed by atoms with van der Waals surface area (Å²) in [5.41, 5.74) is 4.19. The van der Waals surface area contributed by atoms with Crippen molar-refractivity contribution in [2.24, 2.45) is 0 Å². The highest BCUT2D eigenvalue weighted by Gasteiger charge is 2.50. The van der Waals surface area contributed by atoms with Gasteiger partial charge in [-0.25, -0.2) is 0 Å². The predicted molar refractivity (Wildman–Crippen MR) is 179 cm³/mol. The van der Waals surface area contributed by atoms with Crippen molar-refractivity contribution in [1.82, 2.24) is 0 Å². The maximum atomic E-state index is 10.9. The van der Waals surface area contributed by atoms with Crippen LogP contribution in [-0.2, 0) is 54.8 Å². The molecule has 4 aromatic rings. The Morgan fingerprint density at radius 1 is 0.532 bits per heavy atom.